The second-order valence-corrected chi connectivity index (χ2v) is 5.69. The zero-order chi connectivity index (χ0) is 14.0. The number of aryl methyl sites for hydroxylation is 1. The van der Waals surface area contributed by atoms with Crippen molar-refractivity contribution in [2.75, 3.05) is 17.9 Å². The van der Waals surface area contributed by atoms with Crippen molar-refractivity contribution in [1.29, 1.82) is 0 Å². The summed E-state index contributed by atoms with van der Waals surface area (Å²) in [4.78, 5) is 4.27. The summed E-state index contributed by atoms with van der Waals surface area (Å²) in [6.07, 6.45) is 2.54. The third-order valence-corrected chi connectivity index (χ3v) is 3.96. The van der Waals surface area contributed by atoms with Crippen LogP contribution in [0.4, 0.5) is 8.78 Å². The van der Waals surface area contributed by atoms with E-state index in [4.69, 9.17) is 11.6 Å². The van der Waals surface area contributed by atoms with Gasteiger partial charge in [-0.1, -0.05) is 0 Å². The third kappa shape index (κ3) is 2.87. The smallest absolute Gasteiger partial charge is 0.153 e. The Morgan fingerprint density at radius 2 is 2.16 bits per heavy atom. The number of thioether (sulfide) groups is 1. The first-order valence-corrected chi connectivity index (χ1v) is 7.92. The number of hydrogen-bond acceptors (Lipinski definition) is 2. The van der Waals surface area contributed by atoms with Crippen molar-refractivity contribution in [3.8, 4) is 0 Å². The lowest BCUT2D eigenvalue weighted by Crippen LogP contribution is -2.12. The molecule has 2 nitrogen and oxygen atoms in total. The van der Waals surface area contributed by atoms with Gasteiger partial charge in [0.2, 0.25) is 0 Å². The molecule has 19 heavy (non-hydrogen) atoms. The summed E-state index contributed by atoms with van der Waals surface area (Å²) < 4.78 is 29.1. The molecule has 0 saturated heterocycles. The molecule has 0 aliphatic heterocycles. The second-order valence-electron chi connectivity index (χ2n) is 4.40. The van der Waals surface area contributed by atoms with Crippen LogP contribution < -0.4 is 0 Å². The molecule has 2 aromatic rings. The predicted octanol–water partition coefficient (Wildman–Crippen LogP) is 4.02. The third-order valence-electron chi connectivity index (χ3n) is 2.95. The molecule has 1 aromatic heterocycles. The maximum absolute atomic E-state index is 13.8. The number of benzene rings is 1. The van der Waals surface area contributed by atoms with Gasteiger partial charge in [-0.25, -0.2) is 13.8 Å². The van der Waals surface area contributed by atoms with Gasteiger partial charge in [-0.2, -0.15) is 11.8 Å². The van der Waals surface area contributed by atoms with Gasteiger partial charge in [0.25, 0.3) is 0 Å². The quantitative estimate of drug-likeness (QED) is 0.777. The number of imidazole rings is 1. The normalized spacial score (nSPS) is 13.1. The molecule has 0 aliphatic carbocycles. The molecule has 1 atom stereocenters. The second kappa shape index (κ2) is 6.09. The van der Waals surface area contributed by atoms with Crippen LogP contribution in [0.1, 0.15) is 18.8 Å². The van der Waals surface area contributed by atoms with E-state index in [1.54, 1.807) is 11.8 Å². The highest BCUT2D eigenvalue weighted by molar-refractivity contribution is 7.98. The molecule has 1 unspecified atom stereocenters. The molecule has 0 radical (unpaired) electrons. The topological polar surface area (TPSA) is 17.8 Å². The lowest BCUT2D eigenvalue weighted by molar-refractivity contribution is 0.583. The number of fused-ring (bicyclic) bond motifs is 1. The highest BCUT2D eigenvalue weighted by Crippen LogP contribution is 2.26. The summed E-state index contributed by atoms with van der Waals surface area (Å²) in [7, 11) is 0. The summed E-state index contributed by atoms with van der Waals surface area (Å²) >= 11 is 7.44. The number of alkyl halides is 1. The fourth-order valence-corrected chi connectivity index (χ4v) is 3.04. The first-order valence-electron chi connectivity index (χ1n) is 5.99. The summed E-state index contributed by atoms with van der Waals surface area (Å²) in [5.74, 6) is 0.745. The molecule has 0 fully saturated rings. The Bertz CT molecular complexity index is 586. The van der Waals surface area contributed by atoms with Gasteiger partial charge in [0.15, 0.2) is 5.82 Å². The zero-order valence-corrected chi connectivity index (χ0v) is 12.4. The van der Waals surface area contributed by atoms with Crippen molar-refractivity contribution in [3.63, 3.8) is 0 Å². The molecule has 6 heteroatoms. The molecular weight excluding hydrogens is 290 g/mol. The Balaban J connectivity index is 2.65. The van der Waals surface area contributed by atoms with E-state index in [2.05, 4.69) is 4.98 Å². The average molecular weight is 305 g/mol. The molecule has 0 N–H and O–H groups in total. The predicted molar refractivity (Wildman–Crippen MR) is 77.2 cm³/mol. The number of aromatic nitrogens is 2. The minimum atomic E-state index is -0.624. The Kier molecular flexibility index (Phi) is 4.68. The van der Waals surface area contributed by atoms with Crippen LogP contribution in [0.5, 0.6) is 0 Å². The Hall–Kier alpha value is -0.810. The largest absolute Gasteiger partial charge is 0.324 e. The van der Waals surface area contributed by atoms with E-state index in [1.165, 1.54) is 6.07 Å². The minimum Gasteiger partial charge on any atom is -0.324 e. The van der Waals surface area contributed by atoms with Crippen LogP contribution in [0.15, 0.2) is 12.1 Å². The summed E-state index contributed by atoms with van der Waals surface area (Å²) in [6, 6.07) is 2.31. The van der Waals surface area contributed by atoms with Crippen molar-refractivity contribution in [2.45, 2.75) is 19.4 Å². The Labute approximate surface area is 120 Å². The monoisotopic (exact) mass is 304 g/mol. The van der Waals surface area contributed by atoms with Gasteiger partial charge in [0.05, 0.1) is 5.52 Å². The van der Waals surface area contributed by atoms with Crippen molar-refractivity contribution < 1.29 is 8.78 Å². The van der Waals surface area contributed by atoms with Crippen LogP contribution >= 0.6 is 23.4 Å². The highest BCUT2D eigenvalue weighted by Gasteiger charge is 2.18. The van der Waals surface area contributed by atoms with Crippen molar-refractivity contribution in [1.82, 2.24) is 9.55 Å². The van der Waals surface area contributed by atoms with Gasteiger partial charge >= 0.3 is 0 Å². The molecule has 0 spiro atoms. The van der Waals surface area contributed by atoms with Gasteiger partial charge in [-0.15, -0.1) is 11.6 Å². The standard InChI is InChI=1S/C13H15ClF2N2S/c1-8(7-19-2)18-11-6-9(15)5-10(16)13(11)17-12(18)3-4-14/h5-6,8H,3-4,7H2,1-2H3. The Morgan fingerprint density at radius 3 is 2.79 bits per heavy atom. The van der Waals surface area contributed by atoms with Crippen molar-refractivity contribution in [2.24, 2.45) is 0 Å². The number of rotatable bonds is 5. The number of nitrogens with zero attached hydrogens (tertiary/aromatic N) is 2. The van der Waals surface area contributed by atoms with Crippen molar-refractivity contribution >= 4 is 34.4 Å². The maximum atomic E-state index is 13.8. The molecule has 0 aliphatic rings. The maximum Gasteiger partial charge on any atom is 0.153 e. The molecule has 1 aromatic carbocycles. The van der Waals surface area contributed by atoms with E-state index in [-0.39, 0.29) is 11.6 Å². The summed E-state index contributed by atoms with van der Waals surface area (Å²) in [6.45, 7) is 2.01. The minimum absolute atomic E-state index is 0.111. The van der Waals surface area contributed by atoms with Crippen LogP contribution in [-0.2, 0) is 6.42 Å². The van der Waals surface area contributed by atoms with Gasteiger partial charge in [0.1, 0.15) is 17.2 Å². The van der Waals surface area contributed by atoms with Crippen LogP contribution in [0.25, 0.3) is 11.0 Å². The molecule has 0 bridgehead atoms. The molecule has 0 amide bonds. The number of hydrogen-bond donors (Lipinski definition) is 0. The molecule has 2 rings (SSSR count). The lowest BCUT2D eigenvalue weighted by atomic mass is 10.2. The van der Waals surface area contributed by atoms with E-state index in [1.807, 2.05) is 17.7 Å². The first-order chi connectivity index (χ1) is 9.08. The Morgan fingerprint density at radius 1 is 1.42 bits per heavy atom. The van der Waals surface area contributed by atoms with Gasteiger partial charge < -0.3 is 4.57 Å². The van der Waals surface area contributed by atoms with E-state index >= 15 is 0 Å². The van der Waals surface area contributed by atoms with Crippen LogP contribution in [0, 0.1) is 11.6 Å². The number of halogens is 3. The van der Waals surface area contributed by atoms with Gasteiger partial charge in [-0.3, -0.25) is 0 Å². The van der Waals surface area contributed by atoms with E-state index in [0.29, 0.717) is 23.6 Å². The van der Waals surface area contributed by atoms with Crippen molar-refractivity contribution in [3.05, 3.63) is 29.6 Å². The van der Waals surface area contributed by atoms with Crippen LogP contribution in [0.3, 0.4) is 0 Å². The summed E-state index contributed by atoms with van der Waals surface area (Å²) in [5, 5.41) is 0. The van der Waals surface area contributed by atoms with E-state index in [0.717, 1.165) is 11.8 Å². The van der Waals surface area contributed by atoms with E-state index < -0.39 is 11.6 Å². The lowest BCUT2D eigenvalue weighted by Gasteiger charge is -2.16. The fourth-order valence-electron chi connectivity index (χ4n) is 2.24. The summed E-state index contributed by atoms with van der Waals surface area (Å²) in [5.41, 5.74) is 0.716. The molecular formula is C13H15ClF2N2S. The first kappa shape index (κ1) is 14.6. The van der Waals surface area contributed by atoms with Gasteiger partial charge in [0, 0.05) is 30.2 Å². The molecule has 0 saturated carbocycles. The zero-order valence-electron chi connectivity index (χ0n) is 10.8. The SMILES string of the molecule is CSCC(C)n1c(CCCl)nc2c(F)cc(F)cc21. The fraction of sp³-hybridized carbons (Fsp3) is 0.462. The highest BCUT2D eigenvalue weighted by atomic mass is 35.5. The molecule has 104 valence electrons. The van der Waals surface area contributed by atoms with Crippen LogP contribution in [-0.4, -0.2) is 27.4 Å². The molecule has 1 heterocycles. The van der Waals surface area contributed by atoms with Crippen LogP contribution in [0.2, 0.25) is 0 Å². The average Bonchev–Trinajstić information content (AvgIpc) is 2.68. The van der Waals surface area contributed by atoms with Gasteiger partial charge in [-0.05, 0) is 19.2 Å². The van der Waals surface area contributed by atoms with E-state index in [9.17, 15) is 8.78 Å².